The van der Waals surface area contributed by atoms with Crippen molar-refractivity contribution in [3.63, 3.8) is 0 Å². The minimum atomic E-state index is 0.294. The Morgan fingerprint density at radius 1 is 1.27 bits per heavy atom. The Bertz CT molecular complexity index is 211. The largest absolute Gasteiger partial charge is 0.396 e. The molecule has 4 bridgehead atoms. The molecule has 0 radical (unpaired) electrons. The summed E-state index contributed by atoms with van der Waals surface area (Å²) in [5, 5.41) is 9.38. The molecule has 1 N–H and O–H groups in total. The second kappa shape index (κ2) is 1.39. The molecule has 4 rings (SSSR count). The summed E-state index contributed by atoms with van der Waals surface area (Å²) in [6.45, 7) is 5.11. The molecule has 4 aliphatic rings. The van der Waals surface area contributed by atoms with Gasteiger partial charge in [-0.25, -0.2) is 0 Å². The van der Waals surface area contributed by atoms with Crippen molar-refractivity contribution in [1.29, 1.82) is 0 Å². The molecule has 0 saturated heterocycles. The van der Waals surface area contributed by atoms with Gasteiger partial charge in [-0.3, -0.25) is 0 Å². The first-order valence-electron chi connectivity index (χ1n) is 4.75. The number of hydrogen-bond acceptors (Lipinski definition) is 1. The molecule has 0 heterocycles. The first kappa shape index (κ1) is 6.47. The summed E-state index contributed by atoms with van der Waals surface area (Å²) in [4.78, 5) is 0. The minimum absolute atomic E-state index is 0.294. The van der Waals surface area contributed by atoms with Gasteiger partial charge in [-0.15, -0.1) is 0 Å². The molecule has 4 aliphatic carbocycles. The van der Waals surface area contributed by atoms with Gasteiger partial charge in [0, 0.05) is 6.61 Å². The van der Waals surface area contributed by atoms with Gasteiger partial charge >= 0.3 is 0 Å². The summed E-state index contributed by atoms with van der Waals surface area (Å²) in [6, 6.07) is 0. The average molecular weight is 152 g/mol. The zero-order valence-electron chi connectivity index (χ0n) is 7.30. The molecule has 4 fully saturated rings. The fraction of sp³-hybridized carbons (Fsp3) is 1.00. The van der Waals surface area contributed by atoms with Crippen LogP contribution in [-0.2, 0) is 0 Å². The highest BCUT2D eigenvalue weighted by Crippen LogP contribution is 2.85. The van der Waals surface area contributed by atoms with Crippen molar-refractivity contribution in [2.75, 3.05) is 6.61 Å². The molecule has 4 saturated carbocycles. The number of rotatable bonds is 1. The summed E-state index contributed by atoms with van der Waals surface area (Å²) in [6.07, 6.45) is 2.83. The van der Waals surface area contributed by atoms with Gasteiger partial charge < -0.3 is 5.11 Å². The topological polar surface area (TPSA) is 20.2 Å². The Morgan fingerprint density at radius 2 is 1.82 bits per heavy atom. The number of aliphatic hydroxyl groups excluding tert-OH is 1. The maximum Gasteiger partial charge on any atom is 0.0492 e. The lowest BCUT2D eigenvalue weighted by Crippen LogP contribution is -2.31. The summed E-state index contributed by atoms with van der Waals surface area (Å²) in [7, 11) is 0. The molecule has 62 valence electrons. The lowest BCUT2D eigenvalue weighted by Gasteiger charge is -2.31. The number of aliphatic hydroxyl groups is 1. The van der Waals surface area contributed by atoms with Crippen LogP contribution in [0, 0.1) is 28.6 Å². The Morgan fingerprint density at radius 3 is 2.00 bits per heavy atom. The SMILES string of the molecule is CC12[C@@H]3CC(C[C@@H]31)[C@@]2(C)CO. The van der Waals surface area contributed by atoms with E-state index in [-0.39, 0.29) is 0 Å². The maximum atomic E-state index is 9.38. The maximum absolute atomic E-state index is 9.38. The fourth-order valence-corrected chi connectivity index (χ4v) is 4.33. The molecule has 5 atom stereocenters. The van der Waals surface area contributed by atoms with Crippen molar-refractivity contribution in [1.82, 2.24) is 0 Å². The van der Waals surface area contributed by atoms with Gasteiger partial charge in [-0.1, -0.05) is 13.8 Å². The highest BCUT2D eigenvalue weighted by molar-refractivity contribution is 5.28. The first-order chi connectivity index (χ1) is 5.14. The van der Waals surface area contributed by atoms with Crippen LogP contribution in [0.5, 0.6) is 0 Å². The molecule has 0 aromatic carbocycles. The predicted molar refractivity (Wildman–Crippen MR) is 43.0 cm³/mol. The van der Waals surface area contributed by atoms with E-state index in [1.807, 2.05) is 0 Å². The van der Waals surface area contributed by atoms with E-state index in [9.17, 15) is 5.11 Å². The third kappa shape index (κ3) is 0.395. The molecule has 0 spiro atoms. The quantitative estimate of drug-likeness (QED) is 0.606. The third-order valence-corrected chi connectivity index (χ3v) is 5.45. The second-order valence-electron chi connectivity index (χ2n) is 5.24. The van der Waals surface area contributed by atoms with Gasteiger partial charge in [0.25, 0.3) is 0 Å². The Labute approximate surface area is 67.8 Å². The summed E-state index contributed by atoms with van der Waals surface area (Å²) >= 11 is 0. The van der Waals surface area contributed by atoms with Crippen LogP contribution in [0.25, 0.3) is 0 Å². The molecule has 1 nitrogen and oxygen atoms in total. The Balaban J connectivity index is 2.10. The van der Waals surface area contributed by atoms with Crippen LogP contribution in [0.4, 0.5) is 0 Å². The molecule has 11 heavy (non-hydrogen) atoms. The van der Waals surface area contributed by atoms with Gasteiger partial charge in [0.1, 0.15) is 0 Å². The minimum Gasteiger partial charge on any atom is -0.396 e. The third-order valence-electron chi connectivity index (χ3n) is 5.45. The first-order valence-corrected chi connectivity index (χ1v) is 4.75. The summed E-state index contributed by atoms with van der Waals surface area (Å²) < 4.78 is 0. The van der Waals surface area contributed by atoms with E-state index >= 15 is 0 Å². The van der Waals surface area contributed by atoms with Gasteiger partial charge in [0.05, 0.1) is 0 Å². The highest BCUT2D eigenvalue weighted by Gasteiger charge is 2.81. The molecular formula is C10H16O. The average Bonchev–Trinajstić information content (AvgIpc) is 2.42. The molecule has 0 aromatic heterocycles. The van der Waals surface area contributed by atoms with E-state index in [0.717, 1.165) is 17.8 Å². The lowest BCUT2D eigenvalue weighted by molar-refractivity contribution is 0.0663. The van der Waals surface area contributed by atoms with Crippen LogP contribution in [0.15, 0.2) is 0 Å². The molecular weight excluding hydrogens is 136 g/mol. The van der Waals surface area contributed by atoms with Crippen LogP contribution in [0.3, 0.4) is 0 Å². The van der Waals surface area contributed by atoms with Crippen molar-refractivity contribution in [2.24, 2.45) is 28.6 Å². The molecule has 1 heteroatoms. The van der Waals surface area contributed by atoms with E-state index < -0.39 is 0 Å². The normalized spacial score (nSPS) is 70.6. The van der Waals surface area contributed by atoms with Crippen LogP contribution < -0.4 is 0 Å². The summed E-state index contributed by atoms with van der Waals surface area (Å²) in [5.41, 5.74) is 0.842. The Kier molecular flexibility index (Phi) is 0.820. The van der Waals surface area contributed by atoms with Crippen LogP contribution in [-0.4, -0.2) is 11.7 Å². The molecule has 0 aliphatic heterocycles. The fourth-order valence-electron chi connectivity index (χ4n) is 4.33. The van der Waals surface area contributed by atoms with Crippen LogP contribution >= 0.6 is 0 Å². The van der Waals surface area contributed by atoms with E-state index in [4.69, 9.17) is 0 Å². The van der Waals surface area contributed by atoms with E-state index in [2.05, 4.69) is 13.8 Å². The van der Waals surface area contributed by atoms with Crippen molar-refractivity contribution >= 4 is 0 Å². The smallest absolute Gasteiger partial charge is 0.0492 e. The van der Waals surface area contributed by atoms with Crippen LogP contribution in [0.1, 0.15) is 26.7 Å². The highest BCUT2D eigenvalue weighted by atomic mass is 16.3. The van der Waals surface area contributed by atoms with E-state index in [0.29, 0.717) is 17.4 Å². The van der Waals surface area contributed by atoms with E-state index in [1.54, 1.807) is 0 Å². The van der Waals surface area contributed by atoms with E-state index in [1.165, 1.54) is 12.8 Å². The van der Waals surface area contributed by atoms with Gasteiger partial charge in [0.15, 0.2) is 0 Å². The monoisotopic (exact) mass is 152 g/mol. The second-order valence-corrected chi connectivity index (χ2v) is 5.24. The van der Waals surface area contributed by atoms with Gasteiger partial charge in [0.2, 0.25) is 0 Å². The standard InChI is InChI=1S/C10H16O/c1-9(5-11)6-3-7-8(4-6)10(7,9)2/h6-8,11H,3-5H2,1-2H3/t6?,7-,8+,9-,10?/m1/s1. The zero-order valence-corrected chi connectivity index (χ0v) is 7.30. The van der Waals surface area contributed by atoms with Crippen molar-refractivity contribution in [2.45, 2.75) is 26.7 Å². The molecule has 0 amide bonds. The zero-order chi connectivity index (χ0) is 7.85. The molecule has 2 unspecified atom stereocenters. The van der Waals surface area contributed by atoms with Crippen molar-refractivity contribution < 1.29 is 5.11 Å². The van der Waals surface area contributed by atoms with Crippen molar-refractivity contribution in [3.05, 3.63) is 0 Å². The summed E-state index contributed by atoms with van der Waals surface area (Å²) in [5.74, 6) is 2.83. The Hall–Kier alpha value is -0.0400. The number of hydrogen-bond donors (Lipinski definition) is 1. The van der Waals surface area contributed by atoms with Gasteiger partial charge in [-0.05, 0) is 41.4 Å². The van der Waals surface area contributed by atoms with Crippen LogP contribution in [0.2, 0.25) is 0 Å². The molecule has 0 aromatic rings. The lowest BCUT2D eigenvalue weighted by atomic mass is 9.75. The van der Waals surface area contributed by atoms with Crippen molar-refractivity contribution in [3.8, 4) is 0 Å². The predicted octanol–water partition coefficient (Wildman–Crippen LogP) is 1.66. The van der Waals surface area contributed by atoms with Gasteiger partial charge in [-0.2, -0.15) is 0 Å².